The molecule has 78 valence electrons. The number of hydrogen-bond acceptors (Lipinski definition) is 1. The summed E-state index contributed by atoms with van der Waals surface area (Å²) in [6, 6.07) is 6.18. The first-order valence-electron chi connectivity index (χ1n) is 5.35. The first-order chi connectivity index (χ1) is 7.29. The van der Waals surface area contributed by atoms with E-state index in [1.807, 2.05) is 13.0 Å². The van der Waals surface area contributed by atoms with Gasteiger partial charge in [-0.05, 0) is 55.5 Å². The van der Waals surface area contributed by atoms with E-state index < -0.39 is 0 Å². The van der Waals surface area contributed by atoms with Gasteiger partial charge in [-0.2, -0.15) is 0 Å². The Morgan fingerprint density at radius 3 is 2.93 bits per heavy atom. The number of carbonyl (C=O) groups is 1. The molecule has 1 aliphatic rings. The summed E-state index contributed by atoms with van der Waals surface area (Å²) < 4.78 is 0. The van der Waals surface area contributed by atoms with Crippen LogP contribution in [-0.2, 0) is 17.6 Å². The number of benzene rings is 1. The van der Waals surface area contributed by atoms with Gasteiger partial charge in [-0.15, -0.1) is 0 Å². The van der Waals surface area contributed by atoms with E-state index in [0.717, 1.165) is 12.1 Å². The minimum absolute atomic E-state index is 0.0598. The van der Waals surface area contributed by atoms with E-state index in [4.69, 9.17) is 0 Å². The number of nitrogens with one attached hydrogen (secondary N) is 1. The number of hydrogen-bond donors (Lipinski definition) is 1. The highest BCUT2D eigenvalue weighted by molar-refractivity contribution is 5.99. The van der Waals surface area contributed by atoms with E-state index in [1.54, 1.807) is 6.08 Å². The lowest BCUT2D eigenvalue weighted by atomic mass is 10.1. The summed E-state index contributed by atoms with van der Waals surface area (Å²) in [5.41, 5.74) is 3.71. The molecule has 1 amide bonds. The van der Waals surface area contributed by atoms with Gasteiger partial charge in [0.15, 0.2) is 0 Å². The molecule has 0 heterocycles. The second-order valence-electron chi connectivity index (χ2n) is 3.83. The fourth-order valence-corrected chi connectivity index (χ4v) is 1.98. The SMILES string of the molecule is C/C=C/C(=O)Nc1ccc2c(c1)CCC2. The maximum absolute atomic E-state index is 11.3. The number of carbonyl (C=O) groups excluding carboxylic acids is 1. The Labute approximate surface area is 90.0 Å². The molecule has 0 radical (unpaired) electrons. The third-order valence-corrected chi connectivity index (χ3v) is 2.68. The molecule has 0 unspecified atom stereocenters. The number of amides is 1. The van der Waals surface area contributed by atoms with Gasteiger partial charge >= 0.3 is 0 Å². The van der Waals surface area contributed by atoms with Gasteiger partial charge in [0.05, 0.1) is 0 Å². The summed E-state index contributed by atoms with van der Waals surface area (Å²) >= 11 is 0. The number of anilines is 1. The molecule has 1 aromatic carbocycles. The fourth-order valence-electron chi connectivity index (χ4n) is 1.98. The van der Waals surface area contributed by atoms with Gasteiger partial charge in [-0.3, -0.25) is 4.79 Å². The van der Waals surface area contributed by atoms with Crippen molar-refractivity contribution >= 4 is 11.6 Å². The molecule has 0 saturated heterocycles. The lowest BCUT2D eigenvalue weighted by Gasteiger charge is -2.05. The zero-order chi connectivity index (χ0) is 10.7. The Bertz CT molecular complexity index is 407. The molecule has 1 aromatic rings. The molecule has 0 spiro atoms. The smallest absolute Gasteiger partial charge is 0.248 e. The maximum atomic E-state index is 11.3. The van der Waals surface area contributed by atoms with Crippen molar-refractivity contribution in [1.29, 1.82) is 0 Å². The number of fused-ring (bicyclic) bond motifs is 1. The van der Waals surface area contributed by atoms with Crippen LogP contribution in [0.4, 0.5) is 5.69 Å². The topological polar surface area (TPSA) is 29.1 Å². The second kappa shape index (κ2) is 4.30. The summed E-state index contributed by atoms with van der Waals surface area (Å²) in [5.74, 6) is -0.0598. The van der Waals surface area contributed by atoms with Gasteiger partial charge in [0, 0.05) is 5.69 Å². The Balaban J connectivity index is 2.13. The van der Waals surface area contributed by atoms with E-state index in [1.165, 1.54) is 30.0 Å². The molecule has 0 aliphatic heterocycles. The summed E-state index contributed by atoms with van der Waals surface area (Å²) in [5, 5.41) is 2.85. The van der Waals surface area contributed by atoms with Crippen LogP contribution in [-0.4, -0.2) is 5.91 Å². The minimum atomic E-state index is -0.0598. The molecule has 0 saturated carbocycles. The van der Waals surface area contributed by atoms with Crippen molar-refractivity contribution in [2.24, 2.45) is 0 Å². The van der Waals surface area contributed by atoms with E-state index in [0.29, 0.717) is 0 Å². The van der Waals surface area contributed by atoms with Crippen molar-refractivity contribution in [3.63, 3.8) is 0 Å². The van der Waals surface area contributed by atoms with Crippen molar-refractivity contribution in [3.05, 3.63) is 41.5 Å². The van der Waals surface area contributed by atoms with Crippen LogP contribution in [0, 0.1) is 0 Å². The quantitative estimate of drug-likeness (QED) is 0.732. The molecule has 2 heteroatoms. The van der Waals surface area contributed by atoms with Crippen LogP contribution in [0.1, 0.15) is 24.5 Å². The Hall–Kier alpha value is -1.57. The first kappa shape index (κ1) is 9.97. The molecule has 0 atom stereocenters. The van der Waals surface area contributed by atoms with Crippen molar-refractivity contribution in [2.45, 2.75) is 26.2 Å². The lowest BCUT2D eigenvalue weighted by Crippen LogP contribution is -2.07. The number of rotatable bonds is 2. The summed E-state index contributed by atoms with van der Waals surface area (Å²) in [4.78, 5) is 11.3. The van der Waals surface area contributed by atoms with Gasteiger partial charge in [0.1, 0.15) is 0 Å². The lowest BCUT2D eigenvalue weighted by molar-refractivity contribution is -0.111. The van der Waals surface area contributed by atoms with Gasteiger partial charge in [-0.25, -0.2) is 0 Å². The van der Waals surface area contributed by atoms with Crippen LogP contribution >= 0.6 is 0 Å². The monoisotopic (exact) mass is 201 g/mol. The molecule has 2 nitrogen and oxygen atoms in total. The van der Waals surface area contributed by atoms with Gasteiger partial charge in [0.2, 0.25) is 5.91 Å². The highest BCUT2D eigenvalue weighted by atomic mass is 16.1. The average molecular weight is 201 g/mol. The van der Waals surface area contributed by atoms with E-state index in [9.17, 15) is 4.79 Å². The van der Waals surface area contributed by atoms with Gasteiger partial charge in [0.25, 0.3) is 0 Å². The Morgan fingerprint density at radius 2 is 2.13 bits per heavy atom. The summed E-state index contributed by atoms with van der Waals surface area (Å²) in [7, 11) is 0. The van der Waals surface area contributed by atoms with Crippen molar-refractivity contribution < 1.29 is 4.79 Å². The van der Waals surface area contributed by atoms with E-state index in [2.05, 4.69) is 17.4 Å². The Morgan fingerprint density at radius 1 is 1.33 bits per heavy atom. The fraction of sp³-hybridized carbons (Fsp3) is 0.308. The van der Waals surface area contributed by atoms with E-state index >= 15 is 0 Å². The summed E-state index contributed by atoms with van der Waals surface area (Å²) in [6.45, 7) is 1.84. The van der Waals surface area contributed by atoms with E-state index in [-0.39, 0.29) is 5.91 Å². The molecular weight excluding hydrogens is 186 g/mol. The van der Waals surface area contributed by atoms with Gasteiger partial charge in [-0.1, -0.05) is 12.1 Å². The molecule has 0 aromatic heterocycles. The second-order valence-corrected chi connectivity index (χ2v) is 3.83. The third kappa shape index (κ3) is 2.27. The average Bonchev–Trinajstić information content (AvgIpc) is 2.65. The van der Waals surface area contributed by atoms with Crippen molar-refractivity contribution in [1.82, 2.24) is 0 Å². The zero-order valence-electron chi connectivity index (χ0n) is 8.92. The molecule has 0 bridgehead atoms. The van der Waals surface area contributed by atoms with Crippen LogP contribution in [0.25, 0.3) is 0 Å². The zero-order valence-corrected chi connectivity index (χ0v) is 8.92. The summed E-state index contributed by atoms with van der Waals surface area (Å²) in [6.07, 6.45) is 6.83. The standard InChI is InChI=1S/C13H15NO/c1-2-4-13(15)14-12-8-7-10-5-3-6-11(10)9-12/h2,4,7-9H,3,5-6H2,1H3,(H,14,15)/b4-2+. The highest BCUT2D eigenvalue weighted by Gasteiger charge is 2.10. The molecule has 1 aliphatic carbocycles. The molecule has 0 fully saturated rings. The van der Waals surface area contributed by atoms with Crippen LogP contribution in [0.3, 0.4) is 0 Å². The number of allylic oxidation sites excluding steroid dienone is 1. The van der Waals surface area contributed by atoms with Crippen molar-refractivity contribution in [3.8, 4) is 0 Å². The normalized spacial score (nSPS) is 14.2. The molecular formula is C13H15NO. The highest BCUT2D eigenvalue weighted by Crippen LogP contribution is 2.24. The Kier molecular flexibility index (Phi) is 2.86. The molecule has 15 heavy (non-hydrogen) atoms. The predicted octanol–water partition coefficient (Wildman–Crippen LogP) is 2.69. The third-order valence-electron chi connectivity index (χ3n) is 2.68. The van der Waals surface area contributed by atoms with Crippen LogP contribution in [0.2, 0.25) is 0 Å². The van der Waals surface area contributed by atoms with Crippen LogP contribution in [0.5, 0.6) is 0 Å². The maximum Gasteiger partial charge on any atom is 0.248 e. The van der Waals surface area contributed by atoms with Gasteiger partial charge < -0.3 is 5.32 Å². The first-order valence-corrected chi connectivity index (χ1v) is 5.35. The van der Waals surface area contributed by atoms with Crippen molar-refractivity contribution in [2.75, 3.05) is 5.32 Å². The predicted molar refractivity (Wildman–Crippen MR) is 61.9 cm³/mol. The largest absolute Gasteiger partial charge is 0.323 e. The van der Waals surface area contributed by atoms with Crippen LogP contribution < -0.4 is 5.32 Å². The minimum Gasteiger partial charge on any atom is -0.323 e. The number of aryl methyl sites for hydroxylation is 2. The molecule has 2 rings (SSSR count). The molecule has 1 N–H and O–H groups in total. The van der Waals surface area contributed by atoms with Crippen LogP contribution in [0.15, 0.2) is 30.4 Å².